The van der Waals surface area contributed by atoms with Gasteiger partial charge >= 0.3 is 6.18 Å². The fourth-order valence-corrected chi connectivity index (χ4v) is 2.52. The molecule has 1 saturated heterocycles. The number of piperazine rings is 1. The molecule has 112 valence electrons. The molecular formula is C14H20F3N3. The highest BCUT2D eigenvalue weighted by atomic mass is 19.4. The molecule has 2 N–H and O–H groups in total. The van der Waals surface area contributed by atoms with Crippen LogP contribution in [0.3, 0.4) is 0 Å². The lowest BCUT2D eigenvalue weighted by Gasteiger charge is -2.36. The number of nitrogens with zero attached hydrogens (tertiary/aromatic N) is 2. The Morgan fingerprint density at radius 3 is 2.30 bits per heavy atom. The van der Waals surface area contributed by atoms with Gasteiger partial charge in [-0.3, -0.25) is 0 Å². The van der Waals surface area contributed by atoms with E-state index in [9.17, 15) is 13.2 Å². The van der Waals surface area contributed by atoms with Crippen LogP contribution in [-0.2, 0) is 12.7 Å². The normalized spacial score (nSPS) is 17.6. The van der Waals surface area contributed by atoms with E-state index in [0.717, 1.165) is 19.6 Å². The van der Waals surface area contributed by atoms with Gasteiger partial charge in [0.05, 0.1) is 5.56 Å². The summed E-state index contributed by atoms with van der Waals surface area (Å²) in [6.07, 6.45) is -4.34. The highest BCUT2D eigenvalue weighted by molar-refractivity contribution is 5.56. The third-order valence-electron chi connectivity index (χ3n) is 3.76. The molecule has 1 aromatic rings. The van der Waals surface area contributed by atoms with Crippen LogP contribution < -0.4 is 10.6 Å². The van der Waals surface area contributed by atoms with Crippen molar-refractivity contribution in [3.63, 3.8) is 0 Å². The summed E-state index contributed by atoms with van der Waals surface area (Å²) in [4.78, 5) is 4.05. The van der Waals surface area contributed by atoms with Gasteiger partial charge in [0.15, 0.2) is 0 Å². The second kappa shape index (κ2) is 6.01. The summed E-state index contributed by atoms with van der Waals surface area (Å²) in [7, 11) is 0. The minimum Gasteiger partial charge on any atom is -0.368 e. The maximum atomic E-state index is 13.2. The van der Waals surface area contributed by atoms with Gasteiger partial charge in [-0.2, -0.15) is 13.2 Å². The van der Waals surface area contributed by atoms with E-state index in [-0.39, 0.29) is 12.2 Å². The van der Waals surface area contributed by atoms with Gasteiger partial charge in [-0.15, -0.1) is 0 Å². The number of anilines is 1. The zero-order valence-corrected chi connectivity index (χ0v) is 11.6. The van der Waals surface area contributed by atoms with Crippen molar-refractivity contribution in [2.75, 3.05) is 37.6 Å². The molecule has 1 aromatic carbocycles. The lowest BCUT2D eigenvalue weighted by atomic mass is 10.1. The Hall–Kier alpha value is -1.27. The fraction of sp³-hybridized carbons (Fsp3) is 0.571. The molecule has 1 fully saturated rings. The van der Waals surface area contributed by atoms with E-state index in [4.69, 9.17) is 5.73 Å². The van der Waals surface area contributed by atoms with Crippen molar-refractivity contribution in [3.05, 3.63) is 29.3 Å². The van der Waals surface area contributed by atoms with Crippen molar-refractivity contribution in [1.29, 1.82) is 0 Å². The first-order valence-corrected chi connectivity index (χ1v) is 6.83. The van der Waals surface area contributed by atoms with Gasteiger partial charge in [0.2, 0.25) is 0 Å². The van der Waals surface area contributed by atoms with Gasteiger partial charge in [0, 0.05) is 38.4 Å². The SMILES string of the molecule is CCN1CCN(c2ccc(CN)cc2C(F)(F)F)CC1. The predicted molar refractivity (Wildman–Crippen MR) is 73.7 cm³/mol. The molecule has 2 rings (SSSR count). The number of benzene rings is 1. The second-order valence-corrected chi connectivity index (χ2v) is 4.97. The smallest absolute Gasteiger partial charge is 0.368 e. The van der Waals surface area contributed by atoms with Gasteiger partial charge in [0.25, 0.3) is 0 Å². The van der Waals surface area contributed by atoms with Crippen molar-refractivity contribution < 1.29 is 13.2 Å². The Balaban J connectivity index is 2.27. The van der Waals surface area contributed by atoms with Crippen LogP contribution in [0, 0.1) is 0 Å². The molecule has 0 unspecified atom stereocenters. The van der Waals surface area contributed by atoms with Crippen molar-refractivity contribution in [1.82, 2.24) is 4.90 Å². The first kappa shape index (κ1) is 15.1. The number of nitrogens with two attached hydrogens (primary N) is 1. The lowest BCUT2D eigenvalue weighted by molar-refractivity contribution is -0.137. The molecule has 0 aromatic heterocycles. The van der Waals surface area contributed by atoms with E-state index in [1.807, 2.05) is 4.90 Å². The number of alkyl halides is 3. The van der Waals surface area contributed by atoms with E-state index >= 15 is 0 Å². The van der Waals surface area contributed by atoms with Crippen molar-refractivity contribution in [2.24, 2.45) is 5.73 Å². The predicted octanol–water partition coefficient (Wildman–Crippen LogP) is 2.31. The lowest BCUT2D eigenvalue weighted by Crippen LogP contribution is -2.46. The van der Waals surface area contributed by atoms with Crippen molar-refractivity contribution >= 4 is 5.69 Å². The molecule has 0 saturated carbocycles. The quantitative estimate of drug-likeness (QED) is 0.926. The van der Waals surface area contributed by atoms with Crippen LogP contribution >= 0.6 is 0 Å². The van der Waals surface area contributed by atoms with Crippen molar-refractivity contribution in [3.8, 4) is 0 Å². The van der Waals surface area contributed by atoms with Crippen LogP contribution in [0.1, 0.15) is 18.1 Å². The Kier molecular flexibility index (Phi) is 4.55. The summed E-state index contributed by atoms with van der Waals surface area (Å²) in [5.74, 6) is 0. The molecule has 1 heterocycles. The third-order valence-corrected chi connectivity index (χ3v) is 3.76. The minimum atomic E-state index is -4.34. The molecule has 20 heavy (non-hydrogen) atoms. The molecule has 1 aliphatic rings. The highest BCUT2D eigenvalue weighted by Gasteiger charge is 2.35. The largest absolute Gasteiger partial charge is 0.418 e. The Labute approximate surface area is 117 Å². The molecule has 1 aliphatic heterocycles. The van der Waals surface area contributed by atoms with Crippen LogP contribution in [-0.4, -0.2) is 37.6 Å². The Morgan fingerprint density at radius 1 is 1.15 bits per heavy atom. The van der Waals surface area contributed by atoms with Crippen LogP contribution in [0.2, 0.25) is 0 Å². The average Bonchev–Trinajstić information content (AvgIpc) is 2.46. The molecule has 0 spiro atoms. The van der Waals surface area contributed by atoms with E-state index < -0.39 is 11.7 Å². The summed E-state index contributed by atoms with van der Waals surface area (Å²) < 4.78 is 39.6. The summed E-state index contributed by atoms with van der Waals surface area (Å²) >= 11 is 0. The van der Waals surface area contributed by atoms with E-state index in [1.54, 1.807) is 12.1 Å². The van der Waals surface area contributed by atoms with Gasteiger partial charge in [-0.25, -0.2) is 0 Å². The summed E-state index contributed by atoms with van der Waals surface area (Å²) in [5, 5.41) is 0. The molecule has 0 atom stereocenters. The minimum absolute atomic E-state index is 0.118. The molecule has 0 bridgehead atoms. The standard InChI is InChI=1S/C14H20F3N3/c1-2-19-5-7-20(8-6-19)13-4-3-11(10-18)9-12(13)14(15,16)17/h3-4,9H,2,5-8,10,18H2,1H3. The first-order chi connectivity index (χ1) is 9.45. The van der Waals surface area contributed by atoms with Crippen LogP contribution in [0.5, 0.6) is 0 Å². The maximum Gasteiger partial charge on any atom is 0.418 e. The summed E-state index contributed by atoms with van der Waals surface area (Å²) in [5.41, 5.74) is 5.64. The van der Waals surface area contributed by atoms with Crippen LogP contribution in [0.15, 0.2) is 18.2 Å². The zero-order valence-electron chi connectivity index (χ0n) is 11.6. The van der Waals surface area contributed by atoms with E-state index in [2.05, 4.69) is 11.8 Å². The molecule has 0 aliphatic carbocycles. The monoisotopic (exact) mass is 287 g/mol. The topological polar surface area (TPSA) is 32.5 Å². The summed E-state index contributed by atoms with van der Waals surface area (Å²) in [6.45, 7) is 5.96. The first-order valence-electron chi connectivity index (χ1n) is 6.83. The third kappa shape index (κ3) is 3.24. The number of halogens is 3. The summed E-state index contributed by atoms with van der Waals surface area (Å²) in [6, 6.07) is 4.39. The molecule has 0 amide bonds. The molecule has 0 radical (unpaired) electrons. The van der Waals surface area contributed by atoms with E-state index in [1.165, 1.54) is 6.07 Å². The molecule has 6 heteroatoms. The average molecular weight is 287 g/mol. The zero-order chi connectivity index (χ0) is 14.8. The molecule has 3 nitrogen and oxygen atoms in total. The van der Waals surface area contributed by atoms with Gasteiger partial charge in [0.1, 0.15) is 0 Å². The van der Waals surface area contributed by atoms with Gasteiger partial charge in [-0.05, 0) is 24.2 Å². The second-order valence-electron chi connectivity index (χ2n) is 4.97. The Morgan fingerprint density at radius 2 is 1.80 bits per heavy atom. The number of hydrogen-bond acceptors (Lipinski definition) is 3. The van der Waals surface area contributed by atoms with Crippen LogP contribution in [0.4, 0.5) is 18.9 Å². The Bertz CT molecular complexity index is 451. The van der Waals surface area contributed by atoms with Gasteiger partial charge < -0.3 is 15.5 Å². The number of likely N-dealkylation sites (N-methyl/N-ethyl adjacent to an activating group) is 1. The highest BCUT2D eigenvalue weighted by Crippen LogP contribution is 2.37. The number of rotatable bonds is 3. The maximum absolute atomic E-state index is 13.2. The van der Waals surface area contributed by atoms with Crippen molar-refractivity contribution in [2.45, 2.75) is 19.6 Å². The van der Waals surface area contributed by atoms with Crippen LogP contribution in [0.25, 0.3) is 0 Å². The molecular weight excluding hydrogens is 267 g/mol. The fourth-order valence-electron chi connectivity index (χ4n) is 2.52. The number of hydrogen-bond donors (Lipinski definition) is 1. The van der Waals surface area contributed by atoms with E-state index in [0.29, 0.717) is 18.7 Å². The van der Waals surface area contributed by atoms with Gasteiger partial charge in [-0.1, -0.05) is 13.0 Å².